The number of carbonyl (C=O) groups excluding carboxylic acids is 1. The topological polar surface area (TPSA) is 93.7 Å². The highest BCUT2D eigenvalue weighted by molar-refractivity contribution is 7.92. The Labute approximate surface area is 165 Å². The number of rotatable bonds is 9. The van der Waals surface area contributed by atoms with Gasteiger partial charge in [-0.15, -0.1) is 0 Å². The first-order valence-corrected chi connectivity index (χ1v) is 10.4. The second-order valence-electron chi connectivity index (χ2n) is 5.75. The third-order valence-electron chi connectivity index (χ3n) is 3.73. The van der Waals surface area contributed by atoms with Gasteiger partial charge in [-0.1, -0.05) is 12.1 Å². The number of methoxy groups -OCH3 is 1. The van der Waals surface area contributed by atoms with Gasteiger partial charge in [0.1, 0.15) is 11.5 Å². The Kier molecular flexibility index (Phi) is 7.45. The molecule has 0 aliphatic rings. The molecule has 7 nitrogen and oxygen atoms in total. The zero-order chi connectivity index (χ0) is 20.6. The van der Waals surface area contributed by atoms with Crippen molar-refractivity contribution in [1.82, 2.24) is 0 Å². The maximum Gasteiger partial charge on any atom is 0.248 e. The summed E-state index contributed by atoms with van der Waals surface area (Å²) in [6, 6.07) is 12.1. The SMILES string of the molecule is CCOc1ccc(C=CC(=O)Nc2ccc(NS(=O)(=O)CC)c(OC)c2)cc1. The molecule has 0 saturated heterocycles. The van der Waals surface area contributed by atoms with E-state index in [9.17, 15) is 13.2 Å². The fourth-order valence-electron chi connectivity index (χ4n) is 2.29. The van der Waals surface area contributed by atoms with Crippen molar-refractivity contribution >= 4 is 33.4 Å². The van der Waals surface area contributed by atoms with E-state index in [1.807, 2.05) is 31.2 Å². The molecular weight excluding hydrogens is 380 g/mol. The second-order valence-corrected chi connectivity index (χ2v) is 7.76. The summed E-state index contributed by atoms with van der Waals surface area (Å²) in [7, 11) is -2.00. The molecule has 0 spiro atoms. The van der Waals surface area contributed by atoms with Crippen LogP contribution in [0.4, 0.5) is 11.4 Å². The van der Waals surface area contributed by atoms with Crippen LogP contribution < -0.4 is 19.5 Å². The minimum absolute atomic E-state index is 0.0506. The number of carbonyl (C=O) groups is 1. The number of nitrogens with one attached hydrogen (secondary N) is 2. The molecule has 2 aromatic rings. The van der Waals surface area contributed by atoms with Crippen LogP contribution in [0.3, 0.4) is 0 Å². The second kappa shape index (κ2) is 9.80. The van der Waals surface area contributed by atoms with Crippen molar-refractivity contribution in [2.24, 2.45) is 0 Å². The van der Waals surface area contributed by atoms with Gasteiger partial charge in [-0.25, -0.2) is 8.42 Å². The van der Waals surface area contributed by atoms with Crippen LogP contribution in [0.1, 0.15) is 19.4 Å². The Bertz CT molecular complexity index is 938. The van der Waals surface area contributed by atoms with Gasteiger partial charge >= 0.3 is 0 Å². The van der Waals surface area contributed by atoms with Gasteiger partial charge in [-0.2, -0.15) is 0 Å². The molecule has 0 unspecified atom stereocenters. The summed E-state index contributed by atoms with van der Waals surface area (Å²) < 4.78 is 36.5. The van der Waals surface area contributed by atoms with E-state index in [4.69, 9.17) is 9.47 Å². The largest absolute Gasteiger partial charge is 0.494 e. The first kappa shape index (κ1) is 21.3. The first-order chi connectivity index (χ1) is 13.4. The van der Waals surface area contributed by atoms with Crippen LogP contribution in [0.25, 0.3) is 6.08 Å². The summed E-state index contributed by atoms with van der Waals surface area (Å²) in [5, 5.41) is 2.71. The molecule has 1 amide bonds. The molecule has 150 valence electrons. The van der Waals surface area contributed by atoms with E-state index >= 15 is 0 Å². The predicted octanol–water partition coefficient (Wildman–Crippen LogP) is 3.51. The molecule has 0 heterocycles. The molecule has 2 aromatic carbocycles. The molecule has 0 bridgehead atoms. The van der Waals surface area contributed by atoms with Crippen LogP contribution in [0.15, 0.2) is 48.5 Å². The van der Waals surface area contributed by atoms with Crippen LogP contribution in [0, 0.1) is 0 Å². The van der Waals surface area contributed by atoms with Crippen molar-refractivity contribution in [3.63, 3.8) is 0 Å². The molecule has 0 fully saturated rings. The lowest BCUT2D eigenvalue weighted by molar-refractivity contribution is -0.111. The maximum absolute atomic E-state index is 12.1. The van der Waals surface area contributed by atoms with Crippen LogP contribution in [0.5, 0.6) is 11.5 Å². The third-order valence-corrected chi connectivity index (χ3v) is 5.02. The fourth-order valence-corrected chi connectivity index (χ4v) is 2.94. The lowest BCUT2D eigenvalue weighted by atomic mass is 10.2. The molecule has 0 aliphatic carbocycles. The standard InChI is InChI=1S/C20H24N2O5S/c1-4-27-17-10-6-15(7-11-17)8-13-20(23)21-16-9-12-18(19(14-16)26-3)22-28(24,25)5-2/h6-14,22H,4-5H2,1-3H3,(H,21,23). The van der Waals surface area contributed by atoms with E-state index in [0.29, 0.717) is 23.7 Å². The quantitative estimate of drug-likeness (QED) is 0.624. The Balaban J connectivity index is 2.04. The van der Waals surface area contributed by atoms with Gasteiger partial charge in [0, 0.05) is 17.8 Å². The monoisotopic (exact) mass is 404 g/mol. The van der Waals surface area contributed by atoms with Crippen LogP contribution in [0.2, 0.25) is 0 Å². The normalized spacial score (nSPS) is 11.2. The molecule has 0 aromatic heterocycles. The van der Waals surface area contributed by atoms with E-state index in [-0.39, 0.29) is 11.7 Å². The van der Waals surface area contributed by atoms with E-state index < -0.39 is 10.0 Å². The smallest absolute Gasteiger partial charge is 0.248 e. The van der Waals surface area contributed by atoms with Crippen LogP contribution in [-0.4, -0.2) is 33.8 Å². The molecule has 8 heteroatoms. The lowest BCUT2D eigenvalue weighted by Crippen LogP contribution is -2.15. The number of ether oxygens (including phenoxy) is 2. The zero-order valence-electron chi connectivity index (χ0n) is 16.1. The molecule has 2 N–H and O–H groups in total. The van der Waals surface area contributed by atoms with Gasteiger partial charge in [-0.3, -0.25) is 9.52 Å². The summed E-state index contributed by atoms with van der Waals surface area (Å²) in [6.45, 7) is 4.05. The summed E-state index contributed by atoms with van der Waals surface area (Å²) in [5.74, 6) is 0.712. The van der Waals surface area contributed by atoms with Crippen molar-refractivity contribution in [3.8, 4) is 11.5 Å². The molecule has 0 aliphatic heterocycles. The van der Waals surface area contributed by atoms with Crippen molar-refractivity contribution in [1.29, 1.82) is 0 Å². The molecule has 28 heavy (non-hydrogen) atoms. The lowest BCUT2D eigenvalue weighted by Gasteiger charge is -2.12. The van der Waals surface area contributed by atoms with Gasteiger partial charge in [0.15, 0.2) is 0 Å². The van der Waals surface area contributed by atoms with E-state index in [0.717, 1.165) is 11.3 Å². The van der Waals surface area contributed by atoms with Crippen molar-refractivity contribution in [3.05, 3.63) is 54.1 Å². The van der Waals surface area contributed by atoms with Gasteiger partial charge in [0.05, 0.1) is 25.2 Å². The minimum Gasteiger partial charge on any atom is -0.494 e. The van der Waals surface area contributed by atoms with E-state index in [1.165, 1.54) is 19.3 Å². The van der Waals surface area contributed by atoms with Gasteiger partial charge in [-0.05, 0) is 49.8 Å². The van der Waals surface area contributed by atoms with Crippen molar-refractivity contribution in [2.45, 2.75) is 13.8 Å². The number of benzene rings is 2. The summed E-state index contributed by atoms with van der Waals surface area (Å²) in [4.78, 5) is 12.1. The highest BCUT2D eigenvalue weighted by Gasteiger charge is 2.12. The average molecular weight is 404 g/mol. The minimum atomic E-state index is -3.42. The number of anilines is 2. The molecule has 0 radical (unpaired) electrons. The molecule has 0 saturated carbocycles. The Morgan fingerprint density at radius 2 is 1.82 bits per heavy atom. The maximum atomic E-state index is 12.1. The number of amides is 1. The van der Waals surface area contributed by atoms with Crippen LogP contribution in [-0.2, 0) is 14.8 Å². The average Bonchev–Trinajstić information content (AvgIpc) is 2.68. The van der Waals surface area contributed by atoms with Crippen LogP contribution >= 0.6 is 0 Å². The molecular formula is C20H24N2O5S. The van der Waals surface area contributed by atoms with Crippen molar-refractivity contribution < 1.29 is 22.7 Å². The highest BCUT2D eigenvalue weighted by atomic mass is 32.2. The number of sulfonamides is 1. The summed E-state index contributed by atoms with van der Waals surface area (Å²) in [5.41, 5.74) is 1.66. The Morgan fingerprint density at radius 1 is 1.11 bits per heavy atom. The van der Waals surface area contributed by atoms with E-state index in [2.05, 4.69) is 10.0 Å². The molecule has 2 rings (SSSR count). The first-order valence-electron chi connectivity index (χ1n) is 8.77. The molecule has 0 atom stereocenters. The summed E-state index contributed by atoms with van der Waals surface area (Å²) in [6.07, 6.45) is 3.10. The Hall–Kier alpha value is -3.00. The van der Waals surface area contributed by atoms with E-state index in [1.54, 1.807) is 25.1 Å². The Morgan fingerprint density at radius 3 is 2.43 bits per heavy atom. The number of hydrogen-bond donors (Lipinski definition) is 2. The van der Waals surface area contributed by atoms with Gasteiger partial charge in [0.25, 0.3) is 0 Å². The summed E-state index contributed by atoms with van der Waals surface area (Å²) >= 11 is 0. The highest BCUT2D eigenvalue weighted by Crippen LogP contribution is 2.29. The number of hydrogen-bond acceptors (Lipinski definition) is 5. The third kappa shape index (κ3) is 6.31. The zero-order valence-corrected chi connectivity index (χ0v) is 16.9. The van der Waals surface area contributed by atoms with Gasteiger partial charge in [0.2, 0.25) is 15.9 Å². The predicted molar refractivity (Wildman–Crippen MR) is 111 cm³/mol. The van der Waals surface area contributed by atoms with Gasteiger partial charge < -0.3 is 14.8 Å². The fraction of sp³-hybridized carbons (Fsp3) is 0.250. The van der Waals surface area contributed by atoms with Crippen molar-refractivity contribution in [2.75, 3.05) is 29.5 Å².